The number of carbonyl (C=O) groups excluding carboxylic acids is 1. The number of nitrogens with one attached hydrogen (secondary N) is 1. The zero-order chi connectivity index (χ0) is 17.8. The van der Waals surface area contributed by atoms with Crippen molar-refractivity contribution in [3.05, 3.63) is 59.5 Å². The van der Waals surface area contributed by atoms with Crippen molar-refractivity contribution in [2.45, 2.75) is 20.4 Å². The molecule has 7 nitrogen and oxygen atoms in total. The fourth-order valence-electron chi connectivity index (χ4n) is 2.25. The Morgan fingerprint density at radius 2 is 1.92 bits per heavy atom. The SMILES string of the molecule is Cc1ccc(CN(C)C(=O)Nc2ccc(-c3nc(C)no3)nc2)cc1. The van der Waals surface area contributed by atoms with Crippen molar-refractivity contribution in [1.82, 2.24) is 20.0 Å². The lowest BCUT2D eigenvalue weighted by molar-refractivity contribution is 0.220. The third kappa shape index (κ3) is 4.20. The van der Waals surface area contributed by atoms with E-state index in [2.05, 4.69) is 20.4 Å². The highest BCUT2D eigenvalue weighted by atomic mass is 16.5. The molecule has 3 aromatic rings. The van der Waals surface area contributed by atoms with Gasteiger partial charge in [-0.2, -0.15) is 4.98 Å². The van der Waals surface area contributed by atoms with Crippen LogP contribution in [0.1, 0.15) is 17.0 Å². The number of urea groups is 1. The normalized spacial score (nSPS) is 10.5. The number of pyridine rings is 1. The van der Waals surface area contributed by atoms with Crippen molar-refractivity contribution < 1.29 is 9.32 Å². The summed E-state index contributed by atoms with van der Waals surface area (Å²) in [7, 11) is 1.75. The average Bonchev–Trinajstić information content (AvgIpc) is 3.04. The predicted molar refractivity (Wildman–Crippen MR) is 93.9 cm³/mol. The van der Waals surface area contributed by atoms with E-state index in [-0.39, 0.29) is 6.03 Å². The van der Waals surface area contributed by atoms with Gasteiger partial charge in [0.2, 0.25) is 0 Å². The average molecular weight is 337 g/mol. The van der Waals surface area contributed by atoms with E-state index in [4.69, 9.17) is 4.52 Å². The smallest absolute Gasteiger partial charge is 0.321 e. The summed E-state index contributed by atoms with van der Waals surface area (Å²) >= 11 is 0. The molecule has 25 heavy (non-hydrogen) atoms. The van der Waals surface area contributed by atoms with Crippen molar-refractivity contribution in [2.75, 3.05) is 12.4 Å². The van der Waals surface area contributed by atoms with E-state index in [1.165, 1.54) is 5.56 Å². The van der Waals surface area contributed by atoms with Crippen LogP contribution in [-0.4, -0.2) is 33.1 Å². The molecule has 0 saturated carbocycles. The van der Waals surface area contributed by atoms with Crippen LogP contribution in [0.2, 0.25) is 0 Å². The van der Waals surface area contributed by atoms with Gasteiger partial charge in [-0.3, -0.25) is 0 Å². The van der Waals surface area contributed by atoms with Gasteiger partial charge in [0, 0.05) is 13.6 Å². The maximum Gasteiger partial charge on any atom is 0.321 e. The van der Waals surface area contributed by atoms with Crippen molar-refractivity contribution in [3.63, 3.8) is 0 Å². The highest BCUT2D eigenvalue weighted by molar-refractivity contribution is 5.89. The van der Waals surface area contributed by atoms with Crippen LogP contribution in [-0.2, 0) is 6.54 Å². The van der Waals surface area contributed by atoms with E-state index in [1.807, 2.05) is 31.2 Å². The molecular weight excluding hydrogens is 318 g/mol. The molecular formula is C18H19N5O2. The molecule has 7 heteroatoms. The van der Waals surface area contributed by atoms with Gasteiger partial charge in [0.05, 0.1) is 11.9 Å². The molecule has 0 aliphatic rings. The Kier molecular flexibility index (Phi) is 4.74. The lowest BCUT2D eigenvalue weighted by Crippen LogP contribution is -2.30. The number of amides is 2. The van der Waals surface area contributed by atoms with Gasteiger partial charge >= 0.3 is 6.03 Å². The highest BCUT2D eigenvalue weighted by Gasteiger charge is 2.11. The summed E-state index contributed by atoms with van der Waals surface area (Å²) in [5.74, 6) is 0.902. The van der Waals surface area contributed by atoms with Gasteiger partial charge in [0.15, 0.2) is 5.82 Å². The molecule has 2 aromatic heterocycles. The minimum Gasteiger partial charge on any atom is -0.332 e. The fourth-order valence-corrected chi connectivity index (χ4v) is 2.25. The van der Waals surface area contributed by atoms with E-state index < -0.39 is 0 Å². The number of anilines is 1. The quantitative estimate of drug-likeness (QED) is 0.788. The monoisotopic (exact) mass is 337 g/mol. The van der Waals surface area contributed by atoms with Gasteiger partial charge < -0.3 is 14.7 Å². The Balaban J connectivity index is 1.61. The zero-order valence-corrected chi connectivity index (χ0v) is 14.4. The Hall–Kier alpha value is -3.22. The molecule has 1 aromatic carbocycles. The third-order valence-corrected chi connectivity index (χ3v) is 3.65. The number of aromatic nitrogens is 3. The molecule has 0 atom stereocenters. The van der Waals surface area contributed by atoms with E-state index >= 15 is 0 Å². The van der Waals surface area contributed by atoms with Crippen LogP contribution < -0.4 is 5.32 Å². The molecule has 0 aliphatic heterocycles. The molecule has 0 unspecified atom stereocenters. The van der Waals surface area contributed by atoms with Gasteiger partial charge in [-0.25, -0.2) is 9.78 Å². The Morgan fingerprint density at radius 3 is 2.52 bits per heavy atom. The number of carbonyl (C=O) groups is 1. The first-order chi connectivity index (χ1) is 12.0. The van der Waals surface area contributed by atoms with Gasteiger partial charge in [0.25, 0.3) is 5.89 Å². The summed E-state index contributed by atoms with van der Waals surface area (Å²) in [5.41, 5.74) is 3.43. The summed E-state index contributed by atoms with van der Waals surface area (Å²) < 4.78 is 5.07. The first-order valence-electron chi connectivity index (χ1n) is 7.85. The molecule has 0 radical (unpaired) electrons. The van der Waals surface area contributed by atoms with E-state index in [1.54, 1.807) is 37.2 Å². The lowest BCUT2D eigenvalue weighted by Gasteiger charge is -2.18. The van der Waals surface area contributed by atoms with E-state index in [9.17, 15) is 4.79 Å². The van der Waals surface area contributed by atoms with Crippen LogP contribution in [0.25, 0.3) is 11.6 Å². The molecule has 0 bridgehead atoms. The molecule has 0 fully saturated rings. The predicted octanol–water partition coefficient (Wildman–Crippen LogP) is 3.41. The lowest BCUT2D eigenvalue weighted by atomic mass is 10.1. The number of aryl methyl sites for hydroxylation is 2. The molecule has 2 heterocycles. The maximum atomic E-state index is 12.3. The Labute approximate surface area is 145 Å². The highest BCUT2D eigenvalue weighted by Crippen LogP contribution is 2.17. The first kappa shape index (κ1) is 16.6. The number of nitrogens with zero attached hydrogens (tertiary/aromatic N) is 4. The van der Waals surface area contributed by atoms with Gasteiger partial charge in [0.1, 0.15) is 5.69 Å². The minimum absolute atomic E-state index is 0.205. The van der Waals surface area contributed by atoms with Crippen molar-refractivity contribution >= 4 is 11.7 Å². The van der Waals surface area contributed by atoms with Crippen LogP contribution in [0, 0.1) is 13.8 Å². The number of hydrogen-bond donors (Lipinski definition) is 1. The van der Waals surface area contributed by atoms with Crippen LogP contribution in [0.4, 0.5) is 10.5 Å². The maximum absolute atomic E-state index is 12.3. The van der Waals surface area contributed by atoms with Crippen LogP contribution >= 0.6 is 0 Å². The second-order valence-corrected chi connectivity index (χ2v) is 5.85. The summed E-state index contributed by atoms with van der Waals surface area (Å²) in [6.07, 6.45) is 1.56. The minimum atomic E-state index is -0.205. The summed E-state index contributed by atoms with van der Waals surface area (Å²) in [6.45, 7) is 4.30. The second kappa shape index (κ2) is 7.12. The number of rotatable bonds is 4. The summed E-state index contributed by atoms with van der Waals surface area (Å²) in [5, 5.41) is 6.54. The van der Waals surface area contributed by atoms with E-state index in [0.717, 1.165) is 5.56 Å². The zero-order valence-electron chi connectivity index (χ0n) is 14.4. The van der Waals surface area contributed by atoms with Gasteiger partial charge in [-0.05, 0) is 31.5 Å². The van der Waals surface area contributed by atoms with Crippen molar-refractivity contribution in [2.24, 2.45) is 0 Å². The van der Waals surface area contributed by atoms with Gasteiger partial charge in [-0.15, -0.1) is 0 Å². The summed E-state index contributed by atoms with van der Waals surface area (Å²) in [4.78, 5) is 22.3. The Morgan fingerprint density at radius 1 is 1.16 bits per heavy atom. The number of benzene rings is 1. The molecule has 2 amide bonds. The fraction of sp³-hybridized carbons (Fsp3) is 0.222. The summed E-state index contributed by atoms with van der Waals surface area (Å²) in [6, 6.07) is 11.4. The van der Waals surface area contributed by atoms with Crippen LogP contribution in [0.5, 0.6) is 0 Å². The van der Waals surface area contributed by atoms with Crippen LogP contribution in [0.3, 0.4) is 0 Å². The standard InChI is InChI=1S/C18H19N5O2/c1-12-4-6-14(7-5-12)11-23(3)18(24)21-15-8-9-16(19-10-15)17-20-13(2)22-25-17/h4-10H,11H2,1-3H3,(H,21,24). The molecule has 0 spiro atoms. The molecule has 3 rings (SSSR count). The second-order valence-electron chi connectivity index (χ2n) is 5.85. The molecule has 1 N–H and O–H groups in total. The van der Waals surface area contributed by atoms with E-state index in [0.29, 0.717) is 29.6 Å². The van der Waals surface area contributed by atoms with Crippen molar-refractivity contribution in [1.29, 1.82) is 0 Å². The first-order valence-corrected chi connectivity index (χ1v) is 7.85. The molecule has 0 saturated heterocycles. The molecule has 0 aliphatic carbocycles. The van der Waals surface area contributed by atoms with Gasteiger partial charge in [-0.1, -0.05) is 35.0 Å². The largest absolute Gasteiger partial charge is 0.332 e. The Bertz CT molecular complexity index is 856. The molecule has 128 valence electrons. The number of hydrogen-bond acceptors (Lipinski definition) is 5. The third-order valence-electron chi connectivity index (χ3n) is 3.65. The van der Waals surface area contributed by atoms with Crippen molar-refractivity contribution in [3.8, 4) is 11.6 Å². The van der Waals surface area contributed by atoms with Crippen LogP contribution in [0.15, 0.2) is 47.1 Å². The topological polar surface area (TPSA) is 84.2 Å².